The van der Waals surface area contributed by atoms with E-state index in [4.69, 9.17) is 9.15 Å². The van der Waals surface area contributed by atoms with Crippen LogP contribution in [0.3, 0.4) is 0 Å². The third-order valence-electron chi connectivity index (χ3n) is 5.41. The van der Waals surface area contributed by atoms with Crippen LogP contribution in [0.25, 0.3) is 21.5 Å². The van der Waals surface area contributed by atoms with E-state index in [0.717, 1.165) is 29.5 Å². The van der Waals surface area contributed by atoms with Crippen LogP contribution in [0, 0.1) is 11.6 Å². The second-order valence-electron chi connectivity index (χ2n) is 8.24. The van der Waals surface area contributed by atoms with Gasteiger partial charge in [0.05, 0.1) is 34.4 Å². The number of rotatable bonds is 6. The number of amides is 1. The van der Waals surface area contributed by atoms with Crippen LogP contribution in [0.2, 0.25) is 0 Å². The number of carbonyl (C=O) groups is 2. The smallest absolute Gasteiger partial charge is 0.374 e. The molecule has 0 atom stereocenters. The molecular formula is C25H19BrF2N2O5S. The number of hydrogen-bond acceptors (Lipinski definition) is 7. The van der Waals surface area contributed by atoms with E-state index in [1.54, 1.807) is 26.2 Å². The van der Waals surface area contributed by atoms with Crippen molar-refractivity contribution in [1.82, 2.24) is 4.98 Å². The monoisotopic (exact) mass is 576 g/mol. The number of esters is 1. The summed E-state index contributed by atoms with van der Waals surface area (Å²) in [6, 6.07) is 7.58. The summed E-state index contributed by atoms with van der Waals surface area (Å²) in [5.41, 5.74) is -1.59. The second kappa shape index (κ2) is 9.90. The number of hydrogen-bond donors (Lipinski definition) is 1. The van der Waals surface area contributed by atoms with Crippen molar-refractivity contribution < 1.29 is 27.5 Å². The molecule has 0 spiro atoms. The van der Waals surface area contributed by atoms with Crippen molar-refractivity contribution in [2.75, 3.05) is 11.9 Å². The highest BCUT2D eigenvalue weighted by Gasteiger charge is 2.34. The van der Waals surface area contributed by atoms with Crippen LogP contribution in [0.1, 0.15) is 37.0 Å². The average Bonchev–Trinajstić information content (AvgIpc) is 3.30. The van der Waals surface area contributed by atoms with Gasteiger partial charge in [-0.15, -0.1) is 11.3 Å². The highest BCUT2D eigenvalue weighted by Crippen LogP contribution is 2.35. The van der Waals surface area contributed by atoms with Crippen LogP contribution in [-0.2, 0) is 14.9 Å². The molecule has 0 aliphatic rings. The number of nitrogens with zero attached hydrogens (tertiary/aromatic N) is 1. The average molecular weight is 577 g/mol. The van der Waals surface area contributed by atoms with Crippen LogP contribution >= 0.6 is 27.3 Å². The summed E-state index contributed by atoms with van der Waals surface area (Å²) in [5.74, 6) is -3.16. The Bertz CT molecular complexity index is 1540. The maximum absolute atomic E-state index is 14.2. The Labute approximate surface area is 216 Å². The molecule has 0 aliphatic heterocycles. The topological polar surface area (TPSA) is 98.5 Å². The number of aromatic nitrogens is 1. The van der Waals surface area contributed by atoms with Gasteiger partial charge in [0.25, 0.3) is 0 Å². The van der Waals surface area contributed by atoms with Crippen molar-refractivity contribution in [3.63, 3.8) is 0 Å². The molecule has 0 fully saturated rings. The van der Waals surface area contributed by atoms with Crippen LogP contribution in [0.15, 0.2) is 55.5 Å². The van der Waals surface area contributed by atoms with Crippen LogP contribution in [0.4, 0.5) is 14.5 Å². The van der Waals surface area contributed by atoms with Gasteiger partial charge in [-0.05, 0) is 45.0 Å². The van der Waals surface area contributed by atoms with Gasteiger partial charge >= 0.3 is 5.97 Å². The Morgan fingerprint density at radius 2 is 1.89 bits per heavy atom. The van der Waals surface area contributed by atoms with Crippen LogP contribution in [0.5, 0.6) is 0 Å². The number of thiazole rings is 1. The minimum atomic E-state index is -1.25. The first-order valence-electron chi connectivity index (χ1n) is 10.7. The van der Waals surface area contributed by atoms with E-state index in [-0.39, 0.29) is 45.3 Å². The molecule has 7 nitrogen and oxygen atoms in total. The quantitative estimate of drug-likeness (QED) is 0.280. The van der Waals surface area contributed by atoms with Crippen molar-refractivity contribution in [1.29, 1.82) is 0 Å². The first-order valence-corrected chi connectivity index (χ1v) is 12.4. The SMILES string of the molecule is CCOC(=O)c1cc(=O)c2cc(Br)cc(NC(=O)C(C)(C)c3csc(-c4c(F)cccc4F)n3)c2o1. The standard InChI is InChI=1S/C25H19BrF2N2O5S/c1-4-34-23(32)18-10-17(31)13-8-12(26)9-16(21(13)35-18)29-24(33)25(2,3)19-11-36-22(30-19)20-14(27)6-5-7-15(20)28/h5-11H,4H2,1-3H3,(H,29,33). The van der Waals surface area contributed by atoms with Crippen molar-refractivity contribution in [2.45, 2.75) is 26.2 Å². The summed E-state index contributed by atoms with van der Waals surface area (Å²) in [6.07, 6.45) is 0. The predicted molar refractivity (Wildman–Crippen MR) is 135 cm³/mol. The van der Waals surface area contributed by atoms with Gasteiger partial charge in [0.15, 0.2) is 11.0 Å². The molecule has 2 aromatic carbocycles. The molecule has 4 rings (SSSR count). The van der Waals surface area contributed by atoms with E-state index in [1.807, 2.05) is 0 Å². The number of nitrogens with one attached hydrogen (secondary N) is 1. The fraction of sp³-hybridized carbons (Fsp3) is 0.200. The van der Waals surface area contributed by atoms with E-state index >= 15 is 0 Å². The highest BCUT2D eigenvalue weighted by atomic mass is 79.9. The van der Waals surface area contributed by atoms with Gasteiger partial charge in [-0.1, -0.05) is 22.0 Å². The molecule has 4 aromatic rings. The van der Waals surface area contributed by atoms with Gasteiger partial charge in [-0.25, -0.2) is 18.6 Å². The number of ether oxygens (including phenoxy) is 1. The van der Waals surface area contributed by atoms with E-state index in [2.05, 4.69) is 26.2 Å². The van der Waals surface area contributed by atoms with Gasteiger partial charge in [0.1, 0.15) is 16.6 Å². The zero-order valence-corrected chi connectivity index (χ0v) is 21.7. The van der Waals surface area contributed by atoms with Crippen molar-refractivity contribution in [2.24, 2.45) is 0 Å². The van der Waals surface area contributed by atoms with Crippen molar-refractivity contribution >= 4 is 55.8 Å². The third-order valence-corrected chi connectivity index (χ3v) is 6.72. The molecule has 0 saturated heterocycles. The Morgan fingerprint density at radius 3 is 2.56 bits per heavy atom. The molecule has 0 radical (unpaired) electrons. The normalized spacial score (nSPS) is 11.5. The molecule has 11 heteroatoms. The largest absolute Gasteiger partial charge is 0.460 e. The van der Waals surface area contributed by atoms with E-state index < -0.39 is 34.4 Å². The lowest BCUT2D eigenvalue weighted by atomic mass is 9.89. The number of carbonyl (C=O) groups excluding carboxylic acids is 2. The van der Waals surface area contributed by atoms with Crippen LogP contribution < -0.4 is 10.7 Å². The van der Waals surface area contributed by atoms with E-state index in [0.29, 0.717) is 4.47 Å². The Balaban J connectivity index is 1.71. The van der Waals surface area contributed by atoms with Crippen LogP contribution in [-0.4, -0.2) is 23.5 Å². The number of anilines is 1. The summed E-state index contributed by atoms with van der Waals surface area (Å²) >= 11 is 4.32. The van der Waals surface area contributed by atoms with E-state index in [9.17, 15) is 23.2 Å². The molecule has 0 saturated carbocycles. The molecule has 1 amide bonds. The number of benzene rings is 2. The van der Waals surface area contributed by atoms with E-state index in [1.165, 1.54) is 18.2 Å². The summed E-state index contributed by atoms with van der Waals surface area (Å²) in [4.78, 5) is 42.5. The van der Waals surface area contributed by atoms with Gasteiger partial charge in [-0.2, -0.15) is 0 Å². The minimum absolute atomic E-state index is 0.00898. The van der Waals surface area contributed by atoms with Crippen molar-refractivity contribution in [3.8, 4) is 10.6 Å². The highest BCUT2D eigenvalue weighted by molar-refractivity contribution is 9.10. The molecule has 2 heterocycles. The maximum atomic E-state index is 14.2. The summed E-state index contributed by atoms with van der Waals surface area (Å²) in [7, 11) is 0. The third kappa shape index (κ3) is 4.80. The molecule has 186 valence electrons. The molecule has 36 heavy (non-hydrogen) atoms. The molecule has 2 aromatic heterocycles. The number of halogens is 3. The van der Waals surface area contributed by atoms with Gasteiger partial charge in [0.2, 0.25) is 11.7 Å². The molecular weight excluding hydrogens is 558 g/mol. The molecule has 0 bridgehead atoms. The molecule has 0 aliphatic carbocycles. The molecule has 1 N–H and O–H groups in total. The Hall–Kier alpha value is -3.44. The van der Waals surface area contributed by atoms with Gasteiger partial charge in [0, 0.05) is 15.9 Å². The summed E-state index contributed by atoms with van der Waals surface area (Å²) < 4.78 is 39.5. The summed E-state index contributed by atoms with van der Waals surface area (Å²) in [5, 5.41) is 4.51. The van der Waals surface area contributed by atoms with Gasteiger partial charge in [-0.3, -0.25) is 9.59 Å². The predicted octanol–water partition coefficient (Wildman–Crippen LogP) is 6.05. The minimum Gasteiger partial charge on any atom is -0.460 e. The second-order valence-corrected chi connectivity index (χ2v) is 10.0. The Morgan fingerprint density at radius 1 is 1.19 bits per heavy atom. The first-order chi connectivity index (χ1) is 17.0. The fourth-order valence-corrected chi connectivity index (χ4v) is 4.88. The molecule has 0 unspecified atom stereocenters. The zero-order valence-electron chi connectivity index (χ0n) is 19.3. The van der Waals surface area contributed by atoms with Gasteiger partial charge < -0.3 is 14.5 Å². The number of fused-ring (bicyclic) bond motifs is 1. The summed E-state index contributed by atoms with van der Waals surface area (Å²) in [6.45, 7) is 4.90. The lowest BCUT2D eigenvalue weighted by molar-refractivity contribution is -0.120. The first kappa shape index (κ1) is 25.6. The maximum Gasteiger partial charge on any atom is 0.374 e. The Kier molecular flexibility index (Phi) is 7.05. The van der Waals surface area contributed by atoms with Crippen molar-refractivity contribution in [3.05, 3.63) is 79.6 Å². The fourth-order valence-electron chi connectivity index (χ4n) is 3.39. The zero-order chi connectivity index (χ0) is 26.2. The lowest BCUT2D eigenvalue weighted by Crippen LogP contribution is -2.35. The lowest BCUT2D eigenvalue weighted by Gasteiger charge is -2.22.